The topological polar surface area (TPSA) is 92.2 Å². The van der Waals surface area contributed by atoms with Crippen molar-refractivity contribution in [2.75, 3.05) is 11.9 Å². The van der Waals surface area contributed by atoms with Gasteiger partial charge in [0.2, 0.25) is 5.91 Å². The van der Waals surface area contributed by atoms with Crippen molar-refractivity contribution in [2.45, 2.75) is 44.8 Å². The number of anilines is 1. The Morgan fingerprint density at radius 2 is 1.96 bits per heavy atom. The molecule has 0 saturated heterocycles. The van der Waals surface area contributed by atoms with E-state index in [9.17, 15) is 9.59 Å². The van der Waals surface area contributed by atoms with Crippen molar-refractivity contribution in [1.29, 1.82) is 0 Å². The fourth-order valence-electron chi connectivity index (χ4n) is 3.05. The second-order valence-corrected chi connectivity index (χ2v) is 6.77. The monoisotopic (exact) mass is 354 g/mol. The van der Waals surface area contributed by atoms with Gasteiger partial charge in [0, 0.05) is 31.1 Å². The summed E-state index contributed by atoms with van der Waals surface area (Å²) in [5.74, 6) is 0.0590. The zero-order valence-corrected chi connectivity index (χ0v) is 14.5. The summed E-state index contributed by atoms with van der Waals surface area (Å²) in [7, 11) is 0. The van der Waals surface area contributed by atoms with Crippen LogP contribution < -0.4 is 10.6 Å². The van der Waals surface area contributed by atoms with Crippen molar-refractivity contribution in [3.8, 4) is 0 Å². The number of hydrogen-bond acceptors (Lipinski definition) is 4. The van der Waals surface area contributed by atoms with E-state index in [1.807, 2.05) is 35.0 Å². The third kappa shape index (κ3) is 3.84. The van der Waals surface area contributed by atoms with Crippen LogP contribution in [0, 0.1) is 0 Å². The SMILES string of the molecule is O=C(CCc1nnn2c1CN(C(=O)Nc1ccccc1)CC2)NC1CC1. The summed E-state index contributed by atoms with van der Waals surface area (Å²) in [5.41, 5.74) is 2.48. The lowest BCUT2D eigenvalue weighted by atomic mass is 10.1. The third-order valence-electron chi connectivity index (χ3n) is 4.68. The van der Waals surface area contributed by atoms with Crippen LogP contribution in [0.3, 0.4) is 0 Å². The Labute approximate surface area is 151 Å². The lowest BCUT2D eigenvalue weighted by molar-refractivity contribution is -0.121. The van der Waals surface area contributed by atoms with Crippen LogP contribution in [-0.2, 0) is 24.3 Å². The molecule has 2 aromatic rings. The minimum absolute atomic E-state index is 0.0590. The maximum Gasteiger partial charge on any atom is 0.322 e. The number of aryl methyl sites for hydroxylation is 1. The highest BCUT2D eigenvalue weighted by atomic mass is 16.2. The van der Waals surface area contributed by atoms with Crippen LogP contribution in [0.1, 0.15) is 30.7 Å². The van der Waals surface area contributed by atoms with Gasteiger partial charge >= 0.3 is 6.03 Å². The van der Waals surface area contributed by atoms with Crippen molar-refractivity contribution in [2.24, 2.45) is 0 Å². The number of hydrogen-bond donors (Lipinski definition) is 2. The number of benzene rings is 1. The first-order valence-electron chi connectivity index (χ1n) is 9.00. The van der Waals surface area contributed by atoms with Gasteiger partial charge in [0.05, 0.1) is 24.5 Å². The first-order chi connectivity index (χ1) is 12.7. The standard InChI is InChI=1S/C18H22N6O2/c25-17(19-14-6-7-14)9-8-15-16-12-23(10-11-24(16)22-21-15)18(26)20-13-4-2-1-3-5-13/h1-5,14H,6-12H2,(H,19,25)(H,20,26). The molecule has 8 nitrogen and oxygen atoms in total. The normalized spacial score (nSPS) is 16.1. The van der Waals surface area contributed by atoms with Gasteiger partial charge in [-0.25, -0.2) is 9.48 Å². The molecule has 8 heteroatoms. The van der Waals surface area contributed by atoms with Gasteiger partial charge in [-0.1, -0.05) is 23.4 Å². The lowest BCUT2D eigenvalue weighted by Crippen LogP contribution is -2.41. The van der Waals surface area contributed by atoms with E-state index in [4.69, 9.17) is 0 Å². The van der Waals surface area contributed by atoms with E-state index in [2.05, 4.69) is 20.9 Å². The van der Waals surface area contributed by atoms with Gasteiger partial charge < -0.3 is 15.5 Å². The lowest BCUT2D eigenvalue weighted by Gasteiger charge is -2.28. The molecule has 0 spiro atoms. The minimum Gasteiger partial charge on any atom is -0.353 e. The second-order valence-electron chi connectivity index (χ2n) is 6.77. The second kappa shape index (κ2) is 7.15. The van der Waals surface area contributed by atoms with Crippen LogP contribution in [-0.4, -0.2) is 44.4 Å². The minimum atomic E-state index is -0.138. The highest BCUT2D eigenvalue weighted by Gasteiger charge is 2.26. The molecule has 2 aliphatic rings. The smallest absolute Gasteiger partial charge is 0.322 e. The molecule has 1 fully saturated rings. The van der Waals surface area contributed by atoms with Crippen LogP contribution in [0.5, 0.6) is 0 Å². The molecule has 0 radical (unpaired) electrons. The first kappa shape index (κ1) is 16.6. The molecular weight excluding hydrogens is 332 g/mol. The molecule has 2 N–H and O–H groups in total. The Morgan fingerprint density at radius 1 is 1.15 bits per heavy atom. The van der Waals surface area contributed by atoms with Gasteiger partial charge in [0.25, 0.3) is 0 Å². The Morgan fingerprint density at radius 3 is 2.73 bits per heavy atom. The molecule has 2 heterocycles. The number of nitrogens with one attached hydrogen (secondary N) is 2. The predicted octanol–water partition coefficient (Wildman–Crippen LogP) is 1.54. The van der Waals surface area contributed by atoms with E-state index in [-0.39, 0.29) is 11.9 Å². The summed E-state index contributed by atoms with van der Waals surface area (Å²) in [6.45, 7) is 1.64. The Kier molecular flexibility index (Phi) is 4.55. The largest absolute Gasteiger partial charge is 0.353 e. The zero-order chi connectivity index (χ0) is 17.9. The van der Waals surface area contributed by atoms with Crippen molar-refractivity contribution in [1.82, 2.24) is 25.2 Å². The number of carbonyl (C=O) groups excluding carboxylic acids is 2. The molecule has 1 saturated carbocycles. The van der Waals surface area contributed by atoms with Crippen molar-refractivity contribution in [3.63, 3.8) is 0 Å². The van der Waals surface area contributed by atoms with Crippen molar-refractivity contribution < 1.29 is 9.59 Å². The Hall–Kier alpha value is -2.90. The molecule has 4 rings (SSSR count). The highest BCUT2D eigenvalue weighted by Crippen LogP contribution is 2.20. The molecule has 0 unspecified atom stereocenters. The maximum atomic E-state index is 12.5. The zero-order valence-electron chi connectivity index (χ0n) is 14.5. The van der Waals surface area contributed by atoms with Crippen molar-refractivity contribution >= 4 is 17.6 Å². The number of nitrogens with zero attached hydrogens (tertiary/aromatic N) is 4. The fourth-order valence-corrected chi connectivity index (χ4v) is 3.05. The van der Waals surface area contributed by atoms with Gasteiger partial charge in [0.1, 0.15) is 0 Å². The third-order valence-corrected chi connectivity index (χ3v) is 4.68. The van der Waals surface area contributed by atoms with Gasteiger partial charge in [-0.05, 0) is 25.0 Å². The molecular formula is C18H22N6O2. The number of para-hydroxylation sites is 1. The molecule has 1 aromatic carbocycles. The summed E-state index contributed by atoms with van der Waals surface area (Å²) in [4.78, 5) is 26.1. The van der Waals surface area contributed by atoms with Crippen LogP contribution in [0.4, 0.5) is 10.5 Å². The van der Waals surface area contributed by atoms with Gasteiger partial charge in [-0.2, -0.15) is 0 Å². The Balaban J connectivity index is 1.37. The van der Waals surface area contributed by atoms with Gasteiger partial charge in [0.15, 0.2) is 0 Å². The number of amides is 3. The molecule has 3 amide bonds. The fraction of sp³-hybridized carbons (Fsp3) is 0.444. The van der Waals surface area contributed by atoms with E-state index >= 15 is 0 Å². The molecule has 1 aromatic heterocycles. The van der Waals surface area contributed by atoms with E-state index in [0.29, 0.717) is 38.5 Å². The van der Waals surface area contributed by atoms with Crippen LogP contribution in [0.15, 0.2) is 30.3 Å². The number of fused-ring (bicyclic) bond motifs is 1. The average Bonchev–Trinajstić information content (AvgIpc) is 3.37. The number of aromatic nitrogens is 3. The number of rotatable bonds is 5. The molecule has 0 bridgehead atoms. The predicted molar refractivity (Wildman–Crippen MR) is 95.4 cm³/mol. The van der Waals surface area contributed by atoms with Gasteiger partial charge in [-0.3, -0.25) is 4.79 Å². The van der Waals surface area contributed by atoms with Crippen LogP contribution in [0.2, 0.25) is 0 Å². The molecule has 1 aliphatic heterocycles. The van der Waals surface area contributed by atoms with E-state index in [1.165, 1.54) is 0 Å². The maximum absolute atomic E-state index is 12.5. The van der Waals surface area contributed by atoms with E-state index in [1.54, 1.807) is 4.90 Å². The first-order valence-corrected chi connectivity index (χ1v) is 9.00. The van der Waals surface area contributed by atoms with Gasteiger partial charge in [-0.15, -0.1) is 5.10 Å². The summed E-state index contributed by atoms with van der Waals surface area (Å²) >= 11 is 0. The summed E-state index contributed by atoms with van der Waals surface area (Å²) in [6.07, 6.45) is 3.11. The average molecular weight is 354 g/mol. The number of urea groups is 1. The Bertz CT molecular complexity index is 799. The molecule has 1 aliphatic carbocycles. The highest BCUT2D eigenvalue weighted by molar-refractivity contribution is 5.89. The molecule has 136 valence electrons. The quantitative estimate of drug-likeness (QED) is 0.852. The van der Waals surface area contributed by atoms with Crippen LogP contribution in [0.25, 0.3) is 0 Å². The van der Waals surface area contributed by atoms with E-state index < -0.39 is 0 Å². The molecule has 0 atom stereocenters. The number of carbonyl (C=O) groups is 2. The van der Waals surface area contributed by atoms with E-state index in [0.717, 1.165) is 29.9 Å². The summed E-state index contributed by atoms with van der Waals surface area (Å²) < 4.78 is 1.83. The van der Waals surface area contributed by atoms with Crippen molar-refractivity contribution in [3.05, 3.63) is 41.7 Å². The summed E-state index contributed by atoms with van der Waals surface area (Å²) in [6, 6.07) is 9.63. The van der Waals surface area contributed by atoms with Crippen LogP contribution >= 0.6 is 0 Å². The molecule has 26 heavy (non-hydrogen) atoms. The summed E-state index contributed by atoms with van der Waals surface area (Å²) in [5, 5.41) is 14.3.